The highest BCUT2D eigenvalue weighted by Crippen LogP contribution is 2.54. The van der Waals surface area contributed by atoms with Crippen molar-refractivity contribution in [2.45, 2.75) is 90.6 Å². The maximum atomic E-state index is 12.2. The van der Waals surface area contributed by atoms with Crippen molar-refractivity contribution in [2.24, 2.45) is 5.92 Å². The molecule has 1 aliphatic carbocycles. The smallest absolute Gasteiger partial charge is 0.308 e. The summed E-state index contributed by atoms with van der Waals surface area (Å²) >= 11 is 0. The van der Waals surface area contributed by atoms with Gasteiger partial charge in [-0.2, -0.15) is 0 Å². The van der Waals surface area contributed by atoms with E-state index in [0.29, 0.717) is 18.6 Å². The molecule has 0 saturated heterocycles. The van der Waals surface area contributed by atoms with Gasteiger partial charge in [-0.3, -0.25) is 9.59 Å². The Morgan fingerprint density at radius 3 is 2.67 bits per heavy atom. The second-order valence-corrected chi connectivity index (χ2v) is 9.31. The molecule has 3 rings (SSSR count). The molecule has 4 heteroatoms. The van der Waals surface area contributed by atoms with Crippen LogP contribution in [0, 0.1) is 5.92 Å². The lowest BCUT2D eigenvalue weighted by Crippen LogP contribution is -2.47. The van der Waals surface area contributed by atoms with Crippen molar-refractivity contribution < 1.29 is 19.1 Å². The van der Waals surface area contributed by atoms with Gasteiger partial charge in [0.25, 0.3) is 0 Å². The Kier molecular flexibility index (Phi) is 5.13. The van der Waals surface area contributed by atoms with Crippen molar-refractivity contribution in [2.75, 3.05) is 0 Å². The third-order valence-corrected chi connectivity index (χ3v) is 6.32. The third-order valence-electron chi connectivity index (χ3n) is 6.32. The standard InChI is InChI=1S/C23H32O4/c1-7-10-22(3,4)15-11-19(26-14(2)24)21-17-13-16(25)8-9-18(17)23(5,6)27-20(21)12-15/h11-12,17-18H,7-10,13H2,1-6H3/t17-,18-/m1/s1. The van der Waals surface area contributed by atoms with Gasteiger partial charge < -0.3 is 9.47 Å². The van der Waals surface area contributed by atoms with Crippen molar-refractivity contribution in [3.63, 3.8) is 0 Å². The molecule has 27 heavy (non-hydrogen) atoms. The van der Waals surface area contributed by atoms with Crippen LogP contribution in [0.3, 0.4) is 0 Å². The van der Waals surface area contributed by atoms with Crippen molar-refractivity contribution in [1.82, 2.24) is 0 Å². The van der Waals surface area contributed by atoms with Crippen molar-refractivity contribution in [3.05, 3.63) is 23.3 Å². The molecule has 0 bridgehead atoms. The number of rotatable bonds is 4. The highest BCUT2D eigenvalue weighted by Gasteiger charge is 2.48. The number of carbonyl (C=O) groups excluding carboxylic acids is 2. The van der Waals surface area contributed by atoms with Crippen molar-refractivity contribution >= 4 is 11.8 Å². The van der Waals surface area contributed by atoms with E-state index in [0.717, 1.165) is 36.1 Å². The number of hydrogen-bond donors (Lipinski definition) is 0. The first-order chi connectivity index (χ1) is 12.5. The van der Waals surface area contributed by atoms with Crippen LogP contribution in [0.25, 0.3) is 0 Å². The van der Waals surface area contributed by atoms with E-state index in [9.17, 15) is 9.59 Å². The summed E-state index contributed by atoms with van der Waals surface area (Å²) in [5, 5.41) is 0. The molecular weight excluding hydrogens is 340 g/mol. The minimum Gasteiger partial charge on any atom is -0.487 e. The van der Waals surface area contributed by atoms with Gasteiger partial charge in [0.2, 0.25) is 0 Å². The van der Waals surface area contributed by atoms with E-state index in [2.05, 4.69) is 40.7 Å². The topological polar surface area (TPSA) is 52.6 Å². The Labute approximate surface area is 162 Å². The molecule has 1 fully saturated rings. The van der Waals surface area contributed by atoms with E-state index in [4.69, 9.17) is 9.47 Å². The fourth-order valence-corrected chi connectivity index (χ4v) is 4.95. The average molecular weight is 373 g/mol. The summed E-state index contributed by atoms with van der Waals surface area (Å²) in [6, 6.07) is 4.10. The monoisotopic (exact) mass is 372 g/mol. The normalized spacial score (nSPS) is 23.9. The van der Waals surface area contributed by atoms with E-state index < -0.39 is 0 Å². The number of benzene rings is 1. The van der Waals surface area contributed by atoms with E-state index in [-0.39, 0.29) is 34.6 Å². The zero-order valence-corrected chi connectivity index (χ0v) is 17.5. The molecule has 0 aromatic heterocycles. The van der Waals surface area contributed by atoms with E-state index in [1.807, 2.05) is 6.07 Å². The van der Waals surface area contributed by atoms with Gasteiger partial charge in [0.05, 0.1) is 0 Å². The van der Waals surface area contributed by atoms with Gasteiger partial charge in [-0.15, -0.1) is 0 Å². The molecule has 4 nitrogen and oxygen atoms in total. The molecule has 0 radical (unpaired) electrons. The molecular formula is C23H32O4. The Balaban J connectivity index is 2.18. The zero-order chi connectivity index (χ0) is 20.0. The van der Waals surface area contributed by atoms with E-state index in [1.165, 1.54) is 6.92 Å². The first-order valence-electron chi connectivity index (χ1n) is 10.1. The Morgan fingerprint density at radius 1 is 1.33 bits per heavy atom. The Morgan fingerprint density at radius 2 is 2.04 bits per heavy atom. The molecule has 1 saturated carbocycles. The predicted molar refractivity (Wildman–Crippen MR) is 105 cm³/mol. The van der Waals surface area contributed by atoms with Gasteiger partial charge in [0.15, 0.2) is 0 Å². The number of ketones is 1. The number of Topliss-reactive ketones (excluding diaryl/α,β-unsaturated/α-hetero) is 1. The van der Waals surface area contributed by atoms with Gasteiger partial charge in [0.1, 0.15) is 22.9 Å². The highest BCUT2D eigenvalue weighted by molar-refractivity contribution is 5.81. The van der Waals surface area contributed by atoms with Crippen LogP contribution >= 0.6 is 0 Å². The minimum absolute atomic E-state index is 0.0442. The van der Waals surface area contributed by atoms with E-state index in [1.54, 1.807) is 0 Å². The fourth-order valence-electron chi connectivity index (χ4n) is 4.95. The van der Waals surface area contributed by atoms with Crippen LogP contribution < -0.4 is 9.47 Å². The average Bonchev–Trinajstić information content (AvgIpc) is 2.52. The van der Waals surface area contributed by atoms with Crippen LogP contribution in [0.4, 0.5) is 0 Å². The molecule has 1 heterocycles. The largest absolute Gasteiger partial charge is 0.487 e. The summed E-state index contributed by atoms with van der Waals surface area (Å²) in [7, 11) is 0. The van der Waals surface area contributed by atoms with Gasteiger partial charge in [0, 0.05) is 37.2 Å². The van der Waals surface area contributed by atoms with Gasteiger partial charge in [-0.05, 0) is 49.8 Å². The fraction of sp³-hybridized carbons (Fsp3) is 0.652. The first kappa shape index (κ1) is 19.9. The van der Waals surface area contributed by atoms with Crippen LogP contribution in [0.5, 0.6) is 11.5 Å². The summed E-state index contributed by atoms with van der Waals surface area (Å²) in [4.78, 5) is 24.0. The van der Waals surface area contributed by atoms with Crippen LogP contribution in [-0.2, 0) is 15.0 Å². The molecule has 0 spiro atoms. The SMILES string of the molecule is CCCC(C)(C)c1cc(OC(C)=O)c2c(c1)OC(C)(C)[C@@H]1CCC(=O)C[C@@H]21. The van der Waals surface area contributed by atoms with Gasteiger partial charge in [-0.25, -0.2) is 0 Å². The molecule has 1 aromatic carbocycles. The summed E-state index contributed by atoms with van der Waals surface area (Å²) in [6.45, 7) is 12.2. The minimum atomic E-state index is -0.348. The first-order valence-corrected chi connectivity index (χ1v) is 10.1. The summed E-state index contributed by atoms with van der Waals surface area (Å²) in [5.74, 6) is 1.57. The molecule has 148 valence electrons. The van der Waals surface area contributed by atoms with Crippen LogP contribution in [0.1, 0.15) is 90.7 Å². The zero-order valence-electron chi connectivity index (χ0n) is 17.5. The van der Waals surface area contributed by atoms with Crippen LogP contribution in [0.2, 0.25) is 0 Å². The predicted octanol–water partition coefficient (Wildman–Crippen LogP) is 5.31. The summed E-state index contributed by atoms with van der Waals surface area (Å²) in [6.07, 6.45) is 4.01. The number of ether oxygens (including phenoxy) is 2. The molecule has 1 aliphatic heterocycles. The van der Waals surface area contributed by atoms with Crippen molar-refractivity contribution in [1.29, 1.82) is 0 Å². The molecule has 0 N–H and O–H groups in total. The summed E-state index contributed by atoms with van der Waals surface area (Å²) < 4.78 is 12.1. The Bertz CT molecular complexity index is 760. The third kappa shape index (κ3) is 3.76. The second kappa shape index (κ2) is 6.96. The van der Waals surface area contributed by atoms with Gasteiger partial charge in [-0.1, -0.05) is 27.2 Å². The van der Waals surface area contributed by atoms with E-state index >= 15 is 0 Å². The van der Waals surface area contributed by atoms with Crippen LogP contribution in [-0.4, -0.2) is 17.4 Å². The summed E-state index contributed by atoms with van der Waals surface area (Å²) in [5.41, 5.74) is 1.61. The number of carbonyl (C=O) groups is 2. The molecule has 1 aromatic rings. The molecule has 0 unspecified atom stereocenters. The second-order valence-electron chi connectivity index (χ2n) is 9.31. The quantitative estimate of drug-likeness (QED) is 0.531. The Hall–Kier alpha value is -1.84. The number of fused-ring (bicyclic) bond motifs is 3. The number of hydrogen-bond acceptors (Lipinski definition) is 4. The maximum Gasteiger partial charge on any atom is 0.308 e. The molecule has 2 atom stereocenters. The van der Waals surface area contributed by atoms with Gasteiger partial charge >= 0.3 is 5.97 Å². The lowest BCUT2D eigenvalue weighted by Gasteiger charge is -2.47. The highest BCUT2D eigenvalue weighted by atomic mass is 16.5. The maximum absolute atomic E-state index is 12.2. The number of esters is 1. The lowest BCUT2D eigenvalue weighted by molar-refractivity contribution is -0.132. The molecule has 2 aliphatic rings. The lowest BCUT2D eigenvalue weighted by atomic mass is 9.66. The molecule has 0 amide bonds. The van der Waals surface area contributed by atoms with Crippen molar-refractivity contribution in [3.8, 4) is 11.5 Å². The van der Waals surface area contributed by atoms with Crippen LogP contribution in [0.15, 0.2) is 12.1 Å².